The first-order chi connectivity index (χ1) is 7.69. The van der Waals surface area contributed by atoms with E-state index in [0.717, 1.165) is 29.8 Å². The second-order valence-electron chi connectivity index (χ2n) is 3.84. The Kier molecular flexibility index (Phi) is 4.83. The lowest BCUT2D eigenvalue weighted by molar-refractivity contribution is 0.0956. The van der Waals surface area contributed by atoms with Gasteiger partial charge in [-0.3, -0.25) is 4.79 Å². The molecule has 2 N–H and O–H groups in total. The molecule has 0 bridgehead atoms. The number of hydrogen-bond acceptors (Lipinski definition) is 2. The van der Waals surface area contributed by atoms with E-state index in [2.05, 4.69) is 17.6 Å². The molecule has 0 aliphatic rings. The van der Waals surface area contributed by atoms with Crippen LogP contribution in [0.2, 0.25) is 0 Å². The van der Waals surface area contributed by atoms with E-state index in [1.54, 1.807) is 0 Å². The van der Waals surface area contributed by atoms with Crippen LogP contribution in [0.4, 0.5) is 5.69 Å². The van der Waals surface area contributed by atoms with Crippen LogP contribution in [0, 0.1) is 6.92 Å². The molecule has 0 saturated heterocycles. The summed E-state index contributed by atoms with van der Waals surface area (Å²) in [6, 6.07) is 5.85. The van der Waals surface area contributed by atoms with Crippen molar-refractivity contribution in [2.45, 2.75) is 27.2 Å². The highest BCUT2D eigenvalue weighted by Crippen LogP contribution is 2.17. The van der Waals surface area contributed by atoms with Crippen LogP contribution in [0.3, 0.4) is 0 Å². The lowest BCUT2D eigenvalue weighted by atomic mass is 10.1. The van der Waals surface area contributed by atoms with Crippen molar-refractivity contribution in [2.75, 3.05) is 18.4 Å². The molecule has 0 atom stereocenters. The van der Waals surface area contributed by atoms with Crippen molar-refractivity contribution in [3.8, 4) is 0 Å². The molecule has 0 fully saturated rings. The molecule has 16 heavy (non-hydrogen) atoms. The Labute approximate surface area is 97.2 Å². The summed E-state index contributed by atoms with van der Waals surface area (Å²) >= 11 is 0. The number of carbonyl (C=O) groups excluding carboxylic acids is 1. The molecule has 0 heterocycles. The summed E-state index contributed by atoms with van der Waals surface area (Å²) in [5.41, 5.74) is 2.81. The fourth-order valence-corrected chi connectivity index (χ4v) is 1.52. The topological polar surface area (TPSA) is 41.1 Å². The zero-order chi connectivity index (χ0) is 12.0. The van der Waals surface area contributed by atoms with Crippen LogP contribution in [0.1, 0.15) is 36.2 Å². The SMILES string of the molecule is CCCNc1cc(C)ccc1C(=O)NCC. The highest BCUT2D eigenvalue weighted by Gasteiger charge is 2.09. The molecule has 0 unspecified atom stereocenters. The predicted octanol–water partition coefficient (Wildman–Crippen LogP) is 2.57. The molecule has 0 aromatic heterocycles. The fourth-order valence-electron chi connectivity index (χ4n) is 1.52. The second-order valence-corrected chi connectivity index (χ2v) is 3.84. The number of amides is 1. The Hall–Kier alpha value is -1.51. The van der Waals surface area contributed by atoms with Gasteiger partial charge in [-0.25, -0.2) is 0 Å². The first kappa shape index (κ1) is 12.6. The van der Waals surface area contributed by atoms with Gasteiger partial charge in [-0.1, -0.05) is 13.0 Å². The van der Waals surface area contributed by atoms with Crippen LogP contribution in [0.5, 0.6) is 0 Å². The predicted molar refractivity (Wildman–Crippen MR) is 68.0 cm³/mol. The summed E-state index contributed by atoms with van der Waals surface area (Å²) in [4.78, 5) is 11.8. The van der Waals surface area contributed by atoms with E-state index < -0.39 is 0 Å². The number of rotatable bonds is 5. The highest BCUT2D eigenvalue weighted by molar-refractivity contribution is 5.99. The maximum Gasteiger partial charge on any atom is 0.253 e. The van der Waals surface area contributed by atoms with Crippen molar-refractivity contribution in [1.82, 2.24) is 5.32 Å². The molecule has 0 saturated carbocycles. The Balaban J connectivity index is 2.92. The Morgan fingerprint density at radius 3 is 2.69 bits per heavy atom. The van der Waals surface area contributed by atoms with E-state index in [9.17, 15) is 4.79 Å². The van der Waals surface area contributed by atoms with E-state index in [1.165, 1.54) is 0 Å². The number of hydrogen-bond donors (Lipinski definition) is 2. The van der Waals surface area contributed by atoms with Crippen LogP contribution in [-0.2, 0) is 0 Å². The molecule has 1 aromatic rings. The largest absolute Gasteiger partial charge is 0.384 e. The number of carbonyl (C=O) groups is 1. The molecule has 0 radical (unpaired) electrons. The third-order valence-electron chi connectivity index (χ3n) is 2.32. The minimum atomic E-state index is -0.0129. The molecule has 1 rings (SSSR count). The van der Waals surface area contributed by atoms with Crippen molar-refractivity contribution >= 4 is 11.6 Å². The smallest absolute Gasteiger partial charge is 0.253 e. The molecule has 3 nitrogen and oxygen atoms in total. The summed E-state index contributed by atoms with van der Waals surface area (Å²) in [5, 5.41) is 6.10. The third-order valence-corrected chi connectivity index (χ3v) is 2.32. The van der Waals surface area contributed by atoms with Gasteiger partial charge in [0.1, 0.15) is 0 Å². The van der Waals surface area contributed by atoms with E-state index in [-0.39, 0.29) is 5.91 Å². The Morgan fingerprint density at radius 1 is 1.31 bits per heavy atom. The molecule has 88 valence electrons. The molecule has 0 spiro atoms. The van der Waals surface area contributed by atoms with Crippen LogP contribution in [0.15, 0.2) is 18.2 Å². The van der Waals surface area contributed by atoms with E-state index in [0.29, 0.717) is 6.54 Å². The number of benzene rings is 1. The van der Waals surface area contributed by atoms with Crippen molar-refractivity contribution in [3.63, 3.8) is 0 Å². The second kappa shape index (κ2) is 6.16. The van der Waals surface area contributed by atoms with Gasteiger partial charge < -0.3 is 10.6 Å². The van der Waals surface area contributed by atoms with Gasteiger partial charge in [0.15, 0.2) is 0 Å². The van der Waals surface area contributed by atoms with Gasteiger partial charge in [0.2, 0.25) is 0 Å². The maximum absolute atomic E-state index is 11.8. The molecule has 1 amide bonds. The van der Waals surface area contributed by atoms with Gasteiger partial charge in [-0.2, -0.15) is 0 Å². The Bertz CT molecular complexity index is 361. The quantitative estimate of drug-likeness (QED) is 0.800. The molecule has 3 heteroatoms. The minimum Gasteiger partial charge on any atom is -0.384 e. The van der Waals surface area contributed by atoms with Crippen LogP contribution >= 0.6 is 0 Å². The van der Waals surface area contributed by atoms with Crippen LogP contribution in [0.25, 0.3) is 0 Å². The zero-order valence-electron chi connectivity index (χ0n) is 10.3. The summed E-state index contributed by atoms with van der Waals surface area (Å²) < 4.78 is 0. The van der Waals surface area contributed by atoms with Gasteiger partial charge in [-0.05, 0) is 38.0 Å². The summed E-state index contributed by atoms with van der Waals surface area (Å²) in [5.74, 6) is -0.0129. The van der Waals surface area contributed by atoms with Crippen molar-refractivity contribution in [3.05, 3.63) is 29.3 Å². The van der Waals surface area contributed by atoms with Gasteiger partial charge in [-0.15, -0.1) is 0 Å². The summed E-state index contributed by atoms with van der Waals surface area (Å²) in [6.45, 7) is 7.59. The van der Waals surface area contributed by atoms with Gasteiger partial charge >= 0.3 is 0 Å². The van der Waals surface area contributed by atoms with Crippen LogP contribution in [-0.4, -0.2) is 19.0 Å². The van der Waals surface area contributed by atoms with Crippen molar-refractivity contribution in [1.29, 1.82) is 0 Å². The van der Waals surface area contributed by atoms with E-state index >= 15 is 0 Å². The third kappa shape index (κ3) is 3.26. The molecule has 0 aliphatic heterocycles. The summed E-state index contributed by atoms with van der Waals surface area (Å²) in [7, 11) is 0. The molecule has 1 aromatic carbocycles. The van der Waals surface area contributed by atoms with Gasteiger partial charge in [0, 0.05) is 18.8 Å². The van der Waals surface area contributed by atoms with Gasteiger partial charge in [0.25, 0.3) is 5.91 Å². The van der Waals surface area contributed by atoms with Crippen molar-refractivity contribution < 1.29 is 4.79 Å². The first-order valence-electron chi connectivity index (χ1n) is 5.81. The number of nitrogens with one attached hydrogen (secondary N) is 2. The molecular formula is C13H20N2O. The molecule has 0 aliphatic carbocycles. The first-order valence-corrected chi connectivity index (χ1v) is 5.81. The fraction of sp³-hybridized carbons (Fsp3) is 0.462. The lowest BCUT2D eigenvalue weighted by Gasteiger charge is -2.12. The monoisotopic (exact) mass is 220 g/mol. The van der Waals surface area contributed by atoms with E-state index in [4.69, 9.17) is 0 Å². The molecular weight excluding hydrogens is 200 g/mol. The van der Waals surface area contributed by atoms with Crippen molar-refractivity contribution in [2.24, 2.45) is 0 Å². The summed E-state index contributed by atoms with van der Waals surface area (Å²) in [6.07, 6.45) is 1.04. The highest BCUT2D eigenvalue weighted by atomic mass is 16.1. The van der Waals surface area contributed by atoms with Crippen LogP contribution < -0.4 is 10.6 Å². The Morgan fingerprint density at radius 2 is 2.06 bits per heavy atom. The number of anilines is 1. The zero-order valence-corrected chi connectivity index (χ0v) is 10.3. The average Bonchev–Trinajstić information content (AvgIpc) is 2.26. The maximum atomic E-state index is 11.8. The lowest BCUT2D eigenvalue weighted by Crippen LogP contribution is -2.24. The van der Waals surface area contributed by atoms with E-state index in [1.807, 2.05) is 32.0 Å². The average molecular weight is 220 g/mol. The number of aryl methyl sites for hydroxylation is 1. The standard InChI is InChI=1S/C13H20N2O/c1-4-8-15-12-9-10(3)6-7-11(12)13(16)14-5-2/h6-7,9,15H,4-5,8H2,1-3H3,(H,14,16). The van der Waals surface area contributed by atoms with Gasteiger partial charge in [0.05, 0.1) is 5.56 Å². The minimum absolute atomic E-state index is 0.0129. The normalized spacial score (nSPS) is 9.94.